The minimum Gasteiger partial charge on any atom is -0.207 e. The van der Waals surface area contributed by atoms with E-state index >= 15 is 0 Å². The highest BCUT2D eigenvalue weighted by Crippen LogP contribution is 2.23. The highest BCUT2D eigenvalue weighted by atomic mass is 19.1. The van der Waals surface area contributed by atoms with Crippen LogP contribution >= 0.6 is 0 Å². The second-order valence-electron chi connectivity index (χ2n) is 3.64. The third-order valence-corrected chi connectivity index (χ3v) is 2.55. The van der Waals surface area contributed by atoms with Crippen LogP contribution in [-0.2, 0) is 0 Å². The summed E-state index contributed by atoms with van der Waals surface area (Å²) in [5.74, 6) is 0.492. The lowest BCUT2D eigenvalue weighted by atomic mass is 9.93. The monoisotopic (exact) mass is 217 g/mol. The first-order chi connectivity index (χ1) is 7.66. The quantitative estimate of drug-likeness (QED) is 0.714. The second-order valence-corrected chi connectivity index (χ2v) is 3.64. The molecule has 0 amide bonds. The fraction of sp³-hybridized carbons (Fsp3) is 0.0714. The summed E-state index contributed by atoms with van der Waals surface area (Å²) in [6.45, 7) is 1.93. The van der Waals surface area contributed by atoms with Crippen molar-refractivity contribution in [3.63, 3.8) is 0 Å². The molecule has 16 heavy (non-hydrogen) atoms. The maximum Gasteiger partial charge on any atom is 0.123 e. The van der Waals surface area contributed by atoms with E-state index in [2.05, 4.69) is 0 Å². The van der Waals surface area contributed by atoms with E-state index in [1.165, 1.54) is 24.3 Å². The van der Waals surface area contributed by atoms with Gasteiger partial charge in [0.1, 0.15) is 11.6 Å². The zero-order valence-electron chi connectivity index (χ0n) is 8.87. The third kappa shape index (κ3) is 2.27. The van der Waals surface area contributed by atoms with Crippen LogP contribution in [0.1, 0.15) is 18.1 Å². The molecule has 0 nitrogen and oxygen atoms in total. The number of hydrogen-bond acceptors (Lipinski definition) is 0. The van der Waals surface area contributed by atoms with E-state index in [1.807, 2.05) is 6.92 Å². The first-order valence-corrected chi connectivity index (χ1v) is 5.02. The largest absolute Gasteiger partial charge is 0.207 e. The first-order valence-electron chi connectivity index (χ1n) is 5.02. The van der Waals surface area contributed by atoms with Crippen molar-refractivity contribution in [3.05, 3.63) is 77.2 Å². The lowest BCUT2D eigenvalue weighted by Crippen LogP contribution is -1.97. The van der Waals surface area contributed by atoms with Gasteiger partial charge in [-0.1, -0.05) is 31.2 Å². The van der Waals surface area contributed by atoms with Crippen molar-refractivity contribution in [1.29, 1.82) is 0 Å². The maximum atomic E-state index is 12.7. The fourth-order valence-electron chi connectivity index (χ4n) is 1.57. The molecule has 2 aromatic rings. The molecule has 0 aromatic heterocycles. The standard InChI is InChI=1S/C14H11F2/c1-10(11-2-6-13(15)7-3-11)12-4-8-14(16)9-5-12/h2-9H,1H3. The molecule has 0 unspecified atom stereocenters. The summed E-state index contributed by atoms with van der Waals surface area (Å²) < 4.78 is 25.5. The summed E-state index contributed by atoms with van der Waals surface area (Å²) in [7, 11) is 0. The molecule has 0 spiro atoms. The molecule has 0 aliphatic heterocycles. The molecule has 81 valence electrons. The first kappa shape index (κ1) is 10.8. The van der Waals surface area contributed by atoms with E-state index in [0.29, 0.717) is 0 Å². The Morgan fingerprint density at radius 1 is 0.688 bits per heavy atom. The number of rotatable bonds is 2. The van der Waals surface area contributed by atoms with Crippen molar-refractivity contribution in [1.82, 2.24) is 0 Å². The summed E-state index contributed by atoms with van der Waals surface area (Å²) in [6.07, 6.45) is 0. The highest BCUT2D eigenvalue weighted by Gasteiger charge is 2.08. The van der Waals surface area contributed by atoms with Crippen LogP contribution in [0.3, 0.4) is 0 Å². The fourth-order valence-corrected chi connectivity index (χ4v) is 1.57. The van der Waals surface area contributed by atoms with Crippen LogP contribution in [0.4, 0.5) is 8.78 Å². The third-order valence-electron chi connectivity index (χ3n) is 2.55. The van der Waals surface area contributed by atoms with Gasteiger partial charge in [0.2, 0.25) is 0 Å². The average Bonchev–Trinajstić information content (AvgIpc) is 2.30. The minimum absolute atomic E-state index is 0.254. The van der Waals surface area contributed by atoms with Crippen LogP contribution in [0.25, 0.3) is 0 Å². The van der Waals surface area contributed by atoms with Crippen LogP contribution in [-0.4, -0.2) is 0 Å². The van der Waals surface area contributed by atoms with Gasteiger partial charge in [0.05, 0.1) is 0 Å². The second kappa shape index (κ2) is 4.44. The Hall–Kier alpha value is -1.70. The molecule has 0 atom stereocenters. The van der Waals surface area contributed by atoms with Crippen molar-refractivity contribution in [2.24, 2.45) is 0 Å². The van der Waals surface area contributed by atoms with E-state index in [0.717, 1.165) is 17.0 Å². The molecular formula is C14H11F2. The zero-order chi connectivity index (χ0) is 11.5. The van der Waals surface area contributed by atoms with Gasteiger partial charge >= 0.3 is 0 Å². The molecule has 0 bridgehead atoms. The van der Waals surface area contributed by atoms with E-state index in [4.69, 9.17) is 0 Å². The molecule has 0 heterocycles. The predicted molar refractivity (Wildman–Crippen MR) is 59.9 cm³/mol. The van der Waals surface area contributed by atoms with Crippen molar-refractivity contribution in [2.45, 2.75) is 6.92 Å². The van der Waals surface area contributed by atoms with Gasteiger partial charge in [0.15, 0.2) is 0 Å². The summed E-state index contributed by atoms with van der Waals surface area (Å²) in [6, 6.07) is 12.5. The molecule has 0 aliphatic rings. The zero-order valence-corrected chi connectivity index (χ0v) is 8.87. The van der Waals surface area contributed by atoms with Crippen LogP contribution in [0.15, 0.2) is 48.5 Å². The van der Waals surface area contributed by atoms with Gasteiger partial charge in [-0.25, -0.2) is 8.78 Å². The summed E-state index contributed by atoms with van der Waals surface area (Å²) >= 11 is 0. The Labute approximate surface area is 93.5 Å². The lowest BCUT2D eigenvalue weighted by molar-refractivity contribution is 0.627. The van der Waals surface area contributed by atoms with Crippen molar-refractivity contribution in [2.75, 3.05) is 0 Å². The van der Waals surface area contributed by atoms with Gasteiger partial charge in [-0.15, -0.1) is 0 Å². The Morgan fingerprint density at radius 3 is 1.31 bits per heavy atom. The van der Waals surface area contributed by atoms with E-state index in [1.54, 1.807) is 24.3 Å². The molecule has 2 heteroatoms. The van der Waals surface area contributed by atoms with Crippen LogP contribution < -0.4 is 0 Å². The summed E-state index contributed by atoms with van der Waals surface area (Å²) in [5.41, 5.74) is 1.88. The lowest BCUT2D eigenvalue weighted by Gasteiger charge is -2.11. The van der Waals surface area contributed by atoms with E-state index < -0.39 is 0 Å². The van der Waals surface area contributed by atoms with Crippen molar-refractivity contribution < 1.29 is 8.78 Å². The number of hydrogen-bond donors (Lipinski definition) is 0. The van der Waals surface area contributed by atoms with Crippen LogP contribution in [0.2, 0.25) is 0 Å². The number of benzene rings is 2. The molecule has 2 rings (SSSR count). The summed E-state index contributed by atoms with van der Waals surface area (Å²) in [5, 5.41) is 0. The Kier molecular flexibility index (Phi) is 3.00. The van der Waals surface area contributed by atoms with Gasteiger partial charge in [-0.3, -0.25) is 0 Å². The molecule has 0 saturated heterocycles. The molecule has 2 aromatic carbocycles. The molecule has 0 saturated carbocycles. The summed E-state index contributed by atoms with van der Waals surface area (Å²) in [4.78, 5) is 0. The molecule has 0 aliphatic carbocycles. The molecule has 0 fully saturated rings. The van der Waals surface area contributed by atoms with Crippen molar-refractivity contribution in [3.8, 4) is 0 Å². The number of halogens is 2. The normalized spacial score (nSPS) is 10.8. The van der Waals surface area contributed by atoms with Gasteiger partial charge in [-0.2, -0.15) is 0 Å². The smallest absolute Gasteiger partial charge is 0.123 e. The Bertz CT molecular complexity index is 412. The molecule has 0 N–H and O–H groups in total. The van der Waals surface area contributed by atoms with Crippen LogP contribution in [0, 0.1) is 17.6 Å². The average molecular weight is 217 g/mol. The topological polar surface area (TPSA) is 0 Å². The van der Waals surface area contributed by atoms with Gasteiger partial charge in [0.25, 0.3) is 0 Å². The van der Waals surface area contributed by atoms with Gasteiger partial charge in [0, 0.05) is 5.92 Å². The molecule has 1 radical (unpaired) electrons. The maximum absolute atomic E-state index is 12.7. The van der Waals surface area contributed by atoms with E-state index in [-0.39, 0.29) is 11.6 Å². The van der Waals surface area contributed by atoms with Crippen molar-refractivity contribution >= 4 is 0 Å². The Balaban J connectivity index is 2.28. The molecular weight excluding hydrogens is 206 g/mol. The highest BCUT2D eigenvalue weighted by molar-refractivity contribution is 5.44. The van der Waals surface area contributed by atoms with Gasteiger partial charge in [-0.05, 0) is 35.4 Å². The van der Waals surface area contributed by atoms with Crippen LogP contribution in [0.5, 0.6) is 0 Å². The SMILES string of the molecule is C[C](c1ccc(F)cc1)c1ccc(F)cc1. The van der Waals surface area contributed by atoms with Gasteiger partial charge < -0.3 is 0 Å². The Morgan fingerprint density at radius 2 is 1.00 bits per heavy atom. The predicted octanol–water partition coefficient (Wildman–Crippen LogP) is 3.96. The minimum atomic E-state index is -0.254. The van der Waals surface area contributed by atoms with E-state index in [9.17, 15) is 8.78 Å².